The third-order valence-corrected chi connectivity index (χ3v) is 4.43. The van der Waals surface area contributed by atoms with E-state index in [1.54, 1.807) is 38.1 Å². The monoisotopic (exact) mass is 377 g/mol. The highest BCUT2D eigenvalue weighted by Crippen LogP contribution is 2.24. The van der Waals surface area contributed by atoms with Crippen LogP contribution in [0.2, 0.25) is 0 Å². The molecule has 0 aliphatic rings. The minimum atomic E-state index is -0.372. The molecule has 0 aliphatic heterocycles. The number of hydrogen-bond donors (Lipinski definition) is 0. The SMILES string of the molecule is C/C(=N\c1c(C)cccc1F)c1cccc(/C(C)=N/c2c(C)cccc2F)n1. The van der Waals surface area contributed by atoms with Crippen LogP contribution >= 0.6 is 0 Å². The molecule has 1 aromatic heterocycles. The van der Waals surface area contributed by atoms with Crippen LogP contribution in [-0.2, 0) is 0 Å². The van der Waals surface area contributed by atoms with Gasteiger partial charge in [0.1, 0.15) is 23.0 Å². The molecule has 28 heavy (non-hydrogen) atoms. The Balaban J connectivity index is 1.98. The Labute approximate surface area is 163 Å². The fraction of sp³-hybridized carbons (Fsp3) is 0.174. The Hall–Kier alpha value is -3.21. The standard InChI is InChI=1S/C23H21F2N3/c1-14-8-5-10-18(24)22(14)26-16(3)20-12-7-13-21(28-20)17(4)27-23-15(2)9-6-11-19(23)25/h5-13H,1-4H3/b26-16+,27-17+. The Morgan fingerprint density at radius 3 is 1.46 bits per heavy atom. The normalized spacial score (nSPS) is 12.4. The average Bonchev–Trinajstić information content (AvgIpc) is 2.67. The number of pyridine rings is 1. The van der Waals surface area contributed by atoms with Crippen molar-refractivity contribution in [3.05, 3.63) is 88.7 Å². The van der Waals surface area contributed by atoms with E-state index in [1.165, 1.54) is 12.1 Å². The third-order valence-electron chi connectivity index (χ3n) is 4.43. The lowest BCUT2D eigenvalue weighted by molar-refractivity contribution is 0.628. The van der Waals surface area contributed by atoms with E-state index in [4.69, 9.17) is 0 Å². The average molecular weight is 377 g/mol. The lowest BCUT2D eigenvalue weighted by atomic mass is 10.1. The summed E-state index contributed by atoms with van der Waals surface area (Å²) in [6.45, 7) is 7.19. The summed E-state index contributed by atoms with van der Waals surface area (Å²) in [6.07, 6.45) is 0. The highest BCUT2D eigenvalue weighted by atomic mass is 19.1. The van der Waals surface area contributed by atoms with Crippen molar-refractivity contribution in [3.63, 3.8) is 0 Å². The molecule has 0 aliphatic carbocycles. The van der Waals surface area contributed by atoms with Crippen molar-refractivity contribution in [2.75, 3.05) is 0 Å². The van der Waals surface area contributed by atoms with E-state index in [2.05, 4.69) is 15.0 Å². The number of rotatable bonds is 4. The van der Waals surface area contributed by atoms with Crippen LogP contribution in [0.4, 0.5) is 20.2 Å². The smallest absolute Gasteiger partial charge is 0.149 e. The summed E-state index contributed by atoms with van der Waals surface area (Å²) >= 11 is 0. The molecule has 3 rings (SSSR count). The molecule has 0 bridgehead atoms. The summed E-state index contributed by atoms with van der Waals surface area (Å²) in [5, 5.41) is 0. The van der Waals surface area contributed by atoms with Crippen molar-refractivity contribution in [1.29, 1.82) is 0 Å². The van der Waals surface area contributed by atoms with Gasteiger partial charge in [0.25, 0.3) is 0 Å². The number of aryl methyl sites for hydroxylation is 2. The van der Waals surface area contributed by atoms with Gasteiger partial charge in [-0.05, 0) is 63.1 Å². The molecule has 0 radical (unpaired) electrons. The van der Waals surface area contributed by atoms with Crippen LogP contribution in [0.5, 0.6) is 0 Å². The van der Waals surface area contributed by atoms with Gasteiger partial charge in [-0.1, -0.05) is 30.3 Å². The first-order valence-corrected chi connectivity index (χ1v) is 8.95. The van der Waals surface area contributed by atoms with E-state index in [9.17, 15) is 8.78 Å². The second kappa shape index (κ2) is 8.21. The molecule has 0 spiro atoms. The molecule has 0 saturated carbocycles. The minimum absolute atomic E-state index is 0.305. The van der Waals surface area contributed by atoms with Crippen LogP contribution in [0.25, 0.3) is 0 Å². The van der Waals surface area contributed by atoms with Gasteiger partial charge in [0.2, 0.25) is 0 Å². The molecule has 0 fully saturated rings. The van der Waals surface area contributed by atoms with Gasteiger partial charge >= 0.3 is 0 Å². The molecule has 0 unspecified atom stereocenters. The second-order valence-corrected chi connectivity index (χ2v) is 6.61. The quantitative estimate of drug-likeness (QED) is 0.495. The summed E-state index contributed by atoms with van der Waals surface area (Å²) in [6, 6.07) is 15.1. The molecule has 142 valence electrons. The first-order chi connectivity index (χ1) is 13.4. The van der Waals surface area contributed by atoms with E-state index in [0.29, 0.717) is 34.2 Å². The molecule has 2 aromatic carbocycles. The van der Waals surface area contributed by atoms with Crippen molar-refractivity contribution >= 4 is 22.8 Å². The van der Waals surface area contributed by atoms with E-state index in [0.717, 1.165) is 11.1 Å². The van der Waals surface area contributed by atoms with Gasteiger partial charge < -0.3 is 0 Å². The van der Waals surface area contributed by atoms with E-state index < -0.39 is 0 Å². The number of halogens is 2. The zero-order valence-electron chi connectivity index (χ0n) is 16.3. The van der Waals surface area contributed by atoms with Gasteiger partial charge in [0, 0.05) is 0 Å². The van der Waals surface area contributed by atoms with Crippen molar-refractivity contribution < 1.29 is 8.78 Å². The van der Waals surface area contributed by atoms with Crippen LogP contribution in [-0.4, -0.2) is 16.4 Å². The number of aromatic nitrogens is 1. The lowest BCUT2D eigenvalue weighted by Crippen LogP contribution is -2.05. The number of nitrogens with zero attached hydrogens (tertiary/aromatic N) is 3. The molecule has 0 N–H and O–H groups in total. The molecule has 0 amide bonds. The van der Waals surface area contributed by atoms with E-state index >= 15 is 0 Å². The third kappa shape index (κ3) is 4.19. The van der Waals surface area contributed by atoms with Crippen molar-refractivity contribution in [1.82, 2.24) is 4.98 Å². The fourth-order valence-electron chi connectivity index (χ4n) is 2.82. The van der Waals surface area contributed by atoms with Gasteiger partial charge in [0.15, 0.2) is 0 Å². The Morgan fingerprint density at radius 1 is 0.679 bits per heavy atom. The maximum Gasteiger partial charge on any atom is 0.149 e. The largest absolute Gasteiger partial charge is 0.248 e. The van der Waals surface area contributed by atoms with Gasteiger partial charge in [-0.25, -0.2) is 23.7 Å². The number of para-hydroxylation sites is 2. The Kier molecular flexibility index (Phi) is 5.73. The molecule has 3 nitrogen and oxygen atoms in total. The van der Waals surface area contributed by atoms with Gasteiger partial charge in [-0.3, -0.25) is 0 Å². The Morgan fingerprint density at radius 2 is 1.07 bits per heavy atom. The predicted molar refractivity (Wildman–Crippen MR) is 110 cm³/mol. The summed E-state index contributed by atoms with van der Waals surface area (Å²) in [4.78, 5) is 13.4. The molecular weight excluding hydrogens is 356 g/mol. The summed E-state index contributed by atoms with van der Waals surface area (Å²) in [7, 11) is 0. The lowest BCUT2D eigenvalue weighted by Gasteiger charge is -2.07. The van der Waals surface area contributed by atoms with Crippen LogP contribution in [0.15, 0.2) is 64.6 Å². The summed E-state index contributed by atoms with van der Waals surface area (Å²) in [5.41, 5.74) is 4.51. The second-order valence-electron chi connectivity index (χ2n) is 6.61. The zero-order valence-corrected chi connectivity index (χ0v) is 16.3. The molecular formula is C23H21F2N3. The number of aliphatic imine (C=N–C) groups is 2. The van der Waals surface area contributed by atoms with Crippen molar-refractivity contribution in [2.24, 2.45) is 9.98 Å². The van der Waals surface area contributed by atoms with Crippen LogP contribution in [0.1, 0.15) is 36.4 Å². The zero-order chi connectivity index (χ0) is 20.3. The van der Waals surface area contributed by atoms with Crippen LogP contribution in [0, 0.1) is 25.5 Å². The van der Waals surface area contributed by atoms with E-state index in [1.807, 2.05) is 32.0 Å². The van der Waals surface area contributed by atoms with Crippen LogP contribution < -0.4 is 0 Å². The number of hydrogen-bond acceptors (Lipinski definition) is 3. The maximum absolute atomic E-state index is 14.1. The highest BCUT2D eigenvalue weighted by molar-refractivity contribution is 6.02. The van der Waals surface area contributed by atoms with Gasteiger partial charge in [-0.15, -0.1) is 0 Å². The van der Waals surface area contributed by atoms with Crippen molar-refractivity contribution in [2.45, 2.75) is 27.7 Å². The topological polar surface area (TPSA) is 37.6 Å². The molecule has 5 heteroatoms. The minimum Gasteiger partial charge on any atom is -0.248 e. The first kappa shape index (κ1) is 19.5. The molecule has 3 aromatic rings. The number of benzene rings is 2. The van der Waals surface area contributed by atoms with E-state index in [-0.39, 0.29) is 11.6 Å². The fourth-order valence-corrected chi connectivity index (χ4v) is 2.82. The first-order valence-electron chi connectivity index (χ1n) is 8.95. The van der Waals surface area contributed by atoms with Crippen LogP contribution in [0.3, 0.4) is 0 Å². The molecule has 0 saturated heterocycles. The van der Waals surface area contributed by atoms with Crippen molar-refractivity contribution in [3.8, 4) is 0 Å². The summed E-state index contributed by atoms with van der Waals surface area (Å²) in [5.74, 6) is -0.744. The highest BCUT2D eigenvalue weighted by Gasteiger charge is 2.09. The Bertz CT molecular complexity index is 962. The maximum atomic E-state index is 14.1. The van der Waals surface area contributed by atoms with Gasteiger partial charge in [0.05, 0.1) is 22.8 Å². The molecule has 1 heterocycles. The molecule has 0 atom stereocenters. The summed E-state index contributed by atoms with van der Waals surface area (Å²) < 4.78 is 28.1. The predicted octanol–water partition coefficient (Wildman–Crippen LogP) is 6.26. The van der Waals surface area contributed by atoms with Gasteiger partial charge in [-0.2, -0.15) is 0 Å².